The number of hydrogen-bond donors (Lipinski definition) is 1. The first-order chi connectivity index (χ1) is 12.2. The van der Waals surface area contributed by atoms with Gasteiger partial charge in [-0.1, -0.05) is 18.2 Å². The third kappa shape index (κ3) is 6.74. The quantitative estimate of drug-likeness (QED) is 0.830. The van der Waals surface area contributed by atoms with Crippen LogP contribution in [-0.2, 0) is 25.5 Å². The summed E-state index contributed by atoms with van der Waals surface area (Å²) in [6.45, 7) is 10.4. The molecule has 0 radical (unpaired) electrons. The molecule has 1 heterocycles. The van der Waals surface area contributed by atoms with E-state index in [2.05, 4.69) is 10.1 Å². The van der Waals surface area contributed by atoms with Crippen LogP contribution in [0.25, 0.3) is 0 Å². The highest BCUT2D eigenvalue weighted by molar-refractivity contribution is 6.00. The minimum Gasteiger partial charge on any atom is -0.468 e. The Hall–Kier alpha value is -2.57. The number of anilines is 1. The Bertz CT molecular complexity index is 625. The molecule has 0 saturated carbocycles. The van der Waals surface area contributed by atoms with Gasteiger partial charge in [0.15, 0.2) is 0 Å². The zero-order valence-corrected chi connectivity index (χ0v) is 16.1. The summed E-state index contributed by atoms with van der Waals surface area (Å²) in [5.74, 6) is -0.120. The molecule has 1 aromatic carbocycles. The molecule has 0 spiro atoms. The van der Waals surface area contributed by atoms with Gasteiger partial charge in [0.2, 0.25) is 5.91 Å². The van der Waals surface area contributed by atoms with Gasteiger partial charge in [-0.2, -0.15) is 0 Å². The van der Waals surface area contributed by atoms with Crippen LogP contribution in [0.15, 0.2) is 24.3 Å². The number of nitrogens with one attached hydrogen (secondary N) is 1. The summed E-state index contributed by atoms with van der Waals surface area (Å²) >= 11 is 0. The van der Waals surface area contributed by atoms with Crippen molar-refractivity contribution in [3.05, 3.63) is 29.8 Å². The molecule has 0 fully saturated rings. The zero-order valence-electron chi connectivity index (χ0n) is 16.1. The maximum atomic E-state index is 12.5. The Morgan fingerprint density at radius 2 is 1.96 bits per heavy atom. The molecule has 144 valence electrons. The highest BCUT2D eigenvalue weighted by atomic mass is 16.6. The van der Waals surface area contributed by atoms with Crippen LogP contribution in [0.5, 0.6) is 0 Å². The van der Waals surface area contributed by atoms with Gasteiger partial charge >= 0.3 is 6.09 Å². The largest absolute Gasteiger partial charge is 0.468 e. The fourth-order valence-corrected chi connectivity index (χ4v) is 2.42. The van der Waals surface area contributed by atoms with Crippen LogP contribution in [0.2, 0.25) is 0 Å². The fourth-order valence-electron chi connectivity index (χ4n) is 2.42. The predicted molar refractivity (Wildman–Crippen MR) is 99.0 cm³/mol. The van der Waals surface area contributed by atoms with Crippen molar-refractivity contribution in [2.24, 2.45) is 0 Å². The summed E-state index contributed by atoms with van der Waals surface area (Å²) in [6, 6.07) is 7.21. The predicted octanol–water partition coefficient (Wildman–Crippen LogP) is 2.67. The van der Waals surface area contributed by atoms with Gasteiger partial charge in [0.05, 0.1) is 6.61 Å². The summed E-state index contributed by atoms with van der Waals surface area (Å²) in [6.07, 6.45) is 0.275. The molecule has 1 aliphatic rings. The van der Waals surface area contributed by atoms with Crippen LogP contribution in [0.1, 0.15) is 40.2 Å². The number of fused-ring (bicyclic) bond motifs is 1. The lowest BCUT2D eigenvalue weighted by atomic mass is 10.2. The van der Waals surface area contributed by atoms with Crippen molar-refractivity contribution in [1.29, 1.82) is 0 Å². The highest BCUT2D eigenvalue weighted by Gasteiger charge is 2.29. The van der Waals surface area contributed by atoms with Gasteiger partial charge in [0, 0.05) is 12.2 Å². The second kappa shape index (κ2) is 9.79. The topological polar surface area (TPSA) is 84.9 Å². The maximum Gasteiger partial charge on any atom is 0.408 e. The summed E-state index contributed by atoms with van der Waals surface area (Å²) in [4.78, 5) is 35.1. The smallest absolute Gasteiger partial charge is 0.408 e. The number of hydrogen-bond acceptors (Lipinski definition) is 5. The molecular formula is C19H28N2O5. The molecule has 7 nitrogen and oxygen atoms in total. The molecule has 0 saturated heterocycles. The minimum absolute atomic E-state index is 0.120. The second-order valence-corrected chi connectivity index (χ2v) is 6.79. The van der Waals surface area contributed by atoms with Gasteiger partial charge in [0.25, 0.3) is 6.47 Å². The Morgan fingerprint density at radius 1 is 1.31 bits per heavy atom. The van der Waals surface area contributed by atoms with Crippen LogP contribution >= 0.6 is 0 Å². The van der Waals surface area contributed by atoms with Crippen molar-refractivity contribution in [3.8, 4) is 0 Å². The van der Waals surface area contributed by atoms with Gasteiger partial charge in [-0.25, -0.2) is 4.79 Å². The molecule has 0 aromatic heterocycles. The number of carbonyl (C=O) groups excluding carboxylic acids is 3. The van der Waals surface area contributed by atoms with Crippen molar-refractivity contribution in [3.63, 3.8) is 0 Å². The van der Waals surface area contributed by atoms with Gasteiger partial charge in [-0.3, -0.25) is 9.59 Å². The first kappa shape index (κ1) is 21.5. The normalized spacial score (nSPS) is 13.7. The number of benzene rings is 1. The molecule has 1 atom stereocenters. The number of nitrogens with zero attached hydrogens (tertiary/aromatic N) is 1. The lowest BCUT2D eigenvalue weighted by Gasteiger charge is -2.24. The third-order valence-electron chi connectivity index (χ3n) is 3.49. The molecule has 1 N–H and O–H groups in total. The van der Waals surface area contributed by atoms with Crippen molar-refractivity contribution >= 4 is 24.2 Å². The molecule has 1 aromatic rings. The van der Waals surface area contributed by atoms with E-state index < -0.39 is 17.7 Å². The molecule has 26 heavy (non-hydrogen) atoms. The molecule has 1 unspecified atom stereocenters. The SMILES string of the molecule is CC(NC(=O)OC(C)(C)C)C(=O)N1CCc2ccccc21.CCOC=O. The lowest BCUT2D eigenvalue weighted by Crippen LogP contribution is -2.47. The van der Waals surface area contributed by atoms with Crippen molar-refractivity contribution in [2.75, 3.05) is 18.1 Å². The molecule has 2 amide bonds. The van der Waals surface area contributed by atoms with E-state index in [1.165, 1.54) is 0 Å². The first-order valence-corrected chi connectivity index (χ1v) is 8.63. The van der Waals surface area contributed by atoms with E-state index in [-0.39, 0.29) is 5.91 Å². The Balaban J connectivity index is 0.000000597. The fraction of sp³-hybridized carbons (Fsp3) is 0.526. The van der Waals surface area contributed by atoms with E-state index in [1.54, 1.807) is 39.5 Å². The number of alkyl carbamates (subject to hydrolysis) is 1. The van der Waals surface area contributed by atoms with Crippen LogP contribution in [-0.4, -0.2) is 43.3 Å². The Kier molecular flexibility index (Phi) is 8.09. The molecule has 2 rings (SSSR count). The molecule has 7 heteroatoms. The van der Waals surface area contributed by atoms with E-state index in [0.717, 1.165) is 17.7 Å². The molecule has 0 aliphatic carbocycles. The monoisotopic (exact) mass is 364 g/mol. The number of amides is 2. The summed E-state index contributed by atoms with van der Waals surface area (Å²) in [7, 11) is 0. The minimum atomic E-state index is -0.619. The van der Waals surface area contributed by atoms with Crippen molar-refractivity contribution in [2.45, 2.75) is 52.7 Å². The number of carbonyl (C=O) groups is 3. The van der Waals surface area contributed by atoms with Crippen molar-refractivity contribution in [1.82, 2.24) is 5.32 Å². The number of para-hydroxylation sites is 1. The second-order valence-electron chi connectivity index (χ2n) is 6.79. The zero-order chi connectivity index (χ0) is 19.7. The van der Waals surface area contributed by atoms with E-state index in [0.29, 0.717) is 19.6 Å². The molecular weight excluding hydrogens is 336 g/mol. The van der Waals surface area contributed by atoms with E-state index in [1.807, 2.05) is 24.3 Å². The number of ether oxygens (including phenoxy) is 2. The first-order valence-electron chi connectivity index (χ1n) is 8.63. The summed E-state index contributed by atoms with van der Waals surface area (Å²) in [5.41, 5.74) is 1.52. The standard InChI is InChI=1S/C16H22N2O3.C3H6O2/c1-11(17-15(20)21-16(2,3)4)14(19)18-10-9-12-7-5-6-8-13(12)18;1-2-5-3-4/h5-8,11H,9-10H2,1-4H3,(H,17,20);3H,2H2,1H3. The summed E-state index contributed by atoms with van der Waals surface area (Å²) < 4.78 is 9.32. The van der Waals surface area contributed by atoms with E-state index >= 15 is 0 Å². The number of rotatable bonds is 4. The molecule has 0 bridgehead atoms. The summed E-state index contributed by atoms with van der Waals surface area (Å²) in [5, 5.41) is 2.59. The molecule has 1 aliphatic heterocycles. The van der Waals surface area contributed by atoms with Crippen LogP contribution < -0.4 is 10.2 Å². The Morgan fingerprint density at radius 3 is 2.50 bits per heavy atom. The Labute approximate surface area is 154 Å². The van der Waals surface area contributed by atoms with Gasteiger partial charge in [-0.15, -0.1) is 0 Å². The van der Waals surface area contributed by atoms with Crippen LogP contribution in [0, 0.1) is 0 Å². The van der Waals surface area contributed by atoms with Gasteiger partial charge in [-0.05, 0) is 52.7 Å². The average molecular weight is 364 g/mol. The van der Waals surface area contributed by atoms with Crippen LogP contribution in [0.3, 0.4) is 0 Å². The van der Waals surface area contributed by atoms with E-state index in [9.17, 15) is 14.4 Å². The third-order valence-corrected chi connectivity index (χ3v) is 3.49. The van der Waals surface area contributed by atoms with E-state index in [4.69, 9.17) is 4.74 Å². The van der Waals surface area contributed by atoms with Crippen molar-refractivity contribution < 1.29 is 23.9 Å². The highest BCUT2D eigenvalue weighted by Crippen LogP contribution is 2.27. The maximum absolute atomic E-state index is 12.5. The van der Waals surface area contributed by atoms with Crippen LogP contribution in [0.4, 0.5) is 10.5 Å². The average Bonchev–Trinajstić information content (AvgIpc) is 2.97. The van der Waals surface area contributed by atoms with Gasteiger partial charge in [0.1, 0.15) is 11.6 Å². The lowest BCUT2D eigenvalue weighted by molar-refractivity contribution is -0.128. The van der Waals surface area contributed by atoms with Gasteiger partial charge < -0.3 is 19.7 Å².